The van der Waals surface area contributed by atoms with Crippen molar-refractivity contribution >= 4 is 22.4 Å². The highest BCUT2D eigenvalue weighted by Gasteiger charge is 2.16. The second-order valence-corrected chi connectivity index (χ2v) is 6.31. The fourth-order valence-corrected chi connectivity index (χ4v) is 3.09. The smallest absolute Gasteiger partial charge is 0.274 e. The second kappa shape index (κ2) is 7.54. The Morgan fingerprint density at radius 2 is 2.00 bits per heavy atom. The molecule has 0 radical (unpaired) electrons. The van der Waals surface area contributed by atoms with E-state index in [1.807, 2.05) is 54.6 Å². The van der Waals surface area contributed by atoms with Gasteiger partial charge in [-0.3, -0.25) is 9.78 Å². The number of anilines is 1. The largest absolute Gasteiger partial charge is 0.491 e. The normalized spacial score (nSPS) is 16.5. The lowest BCUT2D eigenvalue weighted by Crippen LogP contribution is -2.16. The van der Waals surface area contributed by atoms with Crippen LogP contribution >= 0.6 is 0 Å². The van der Waals surface area contributed by atoms with E-state index in [1.165, 1.54) is 0 Å². The summed E-state index contributed by atoms with van der Waals surface area (Å²) in [6, 6.07) is 17.0. The molecule has 0 aliphatic carbocycles. The summed E-state index contributed by atoms with van der Waals surface area (Å²) in [6.45, 7) is 1.38. The van der Waals surface area contributed by atoms with Crippen molar-refractivity contribution in [2.24, 2.45) is 0 Å². The standard InChI is InChI=1S/C21H20N2O3/c24-21(20-19-6-2-1-4-15(19)11-12-22-20)23-16-7-9-17(10-8-16)26-14-18-5-3-13-25-18/h1-2,4,6-12,18H,3,5,13-14H2,(H,23,24)/t18-/m0/s1. The zero-order valence-corrected chi connectivity index (χ0v) is 14.4. The van der Waals surface area contributed by atoms with Gasteiger partial charge >= 0.3 is 0 Å². The van der Waals surface area contributed by atoms with Gasteiger partial charge in [-0.25, -0.2) is 0 Å². The van der Waals surface area contributed by atoms with Crippen molar-refractivity contribution in [2.75, 3.05) is 18.5 Å². The molecule has 1 amide bonds. The van der Waals surface area contributed by atoms with Crippen LogP contribution in [0.15, 0.2) is 60.8 Å². The van der Waals surface area contributed by atoms with E-state index in [2.05, 4.69) is 10.3 Å². The molecule has 1 N–H and O–H groups in total. The molecule has 1 fully saturated rings. The van der Waals surface area contributed by atoms with Crippen molar-refractivity contribution in [1.29, 1.82) is 0 Å². The van der Waals surface area contributed by atoms with Crippen LogP contribution in [0.3, 0.4) is 0 Å². The van der Waals surface area contributed by atoms with Gasteiger partial charge in [-0.15, -0.1) is 0 Å². The van der Waals surface area contributed by atoms with Crippen LogP contribution in [0.1, 0.15) is 23.3 Å². The molecule has 0 spiro atoms. The van der Waals surface area contributed by atoms with Gasteiger partial charge in [0, 0.05) is 23.9 Å². The van der Waals surface area contributed by atoms with Crippen LogP contribution in [0.5, 0.6) is 5.75 Å². The number of carbonyl (C=O) groups excluding carboxylic acids is 1. The van der Waals surface area contributed by atoms with Crippen LogP contribution in [0.4, 0.5) is 5.69 Å². The predicted molar refractivity (Wildman–Crippen MR) is 101 cm³/mol. The van der Waals surface area contributed by atoms with Crippen LogP contribution in [0.2, 0.25) is 0 Å². The summed E-state index contributed by atoms with van der Waals surface area (Å²) >= 11 is 0. The van der Waals surface area contributed by atoms with E-state index in [1.54, 1.807) is 6.20 Å². The van der Waals surface area contributed by atoms with Gasteiger partial charge in [0.05, 0.1) is 6.10 Å². The topological polar surface area (TPSA) is 60.5 Å². The summed E-state index contributed by atoms with van der Waals surface area (Å²) in [4.78, 5) is 16.8. The van der Waals surface area contributed by atoms with Gasteiger partial charge in [-0.1, -0.05) is 24.3 Å². The fraction of sp³-hybridized carbons (Fsp3) is 0.238. The van der Waals surface area contributed by atoms with Gasteiger partial charge in [0.15, 0.2) is 0 Å². The van der Waals surface area contributed by atoms with Gasteiger partial charge in [-0.05, 0) is 48.6 Å². The highest BCUT2D eigenvalue weighted by atomic mass is 16.5. The van der Waals surface area contributed by atoms with Crippen molar-refractivity contribution in [3.05, 3.63) is 66.5 Å². The Bertz CT molecular complexity index is 897. The molecule has 2 aromatic carbocycles. The average Bonchev–Trinajstić information content (AvgIpc) is 3.20. The number of nitrogens with one attached hydrogen (secondary N) is 1. The lowest BCUT2D eigenvalue weighted by atomic mass is 10.1. The SMILES string of the molecule is O=C(Nc1ccc(OC[C@@H]2CCCO2)cc1)c1nccc2ccccc12. The number of hydrogen-bond acceptors (Lipinski definition) is 4. The van der Waals surface area contributed by atoms with Gasteiger partial charge < -0.3 is 14.8 Å². The molecule has 26 heavy (non-hydrogen) atoms. The maximum Gasteiger partial charge on any atom is 0.274 e. The molecule has 132 valence electrons. The Labute approximate surface area is 152 Å². The van der Waals surface area contributed by atoms with Crippen LogP contribution < -0.4 is 10.1 Å². The highest BCUT2D eigenvalue weighted by molar-refractivity contribution is 6.11. The maximum atomic E-state index is 12.6. The third kappa shape index (κ3) is 3.68. The predicted octanol–water partition coefficient (Wildman–Crippen LogP) is 4.04. The first kappa shape index (κ1) is 16.5. The first-order valence-corrected chi connectivity index (χ1v) is 8.79. The minimum absolute atomic E-state index is 0.187. The molecule has 5 nitrogen and oxygen atoms in total. The Morgan fingerprint density at radius 1 is 1.15 bits per heavy atom. The minimum atomic E-state index is -0.227. The molecule has 0 bridgehead atoms. The number of aromatic nitrogens is 1. The van der Waals surface area contributed by atoms with Gasteiger partial charge in [0.2, 0.25) is 0 Å². The number of fused-ring (bicyclic) bond motifs is 1. The molecule has 1 aliphatic heterocycles. The van der Waals surface area contributed by atoms with E-state index in [0.717, 1.165) is 36.0 Å². The quantitative estimate of drug-likeness (QED) is 0.756. The lowest BCUT2D eigenvalue weighted by molar-refractivity contribution is 0.0679. The fourth-order valence-electron chi connectivity index (χ4n) is 3.09. The zero-order chi connectivity index (χ0) is 17.8. The third-order valence-electron chi connectivity index (χ3n) is 4.46. The van der Waals surface area contributed by atoms with Crippen molar-refractivity contribution in [3.63, 3.8) is 0 Å². The van der Waals surface area contributed by atoms with Crippen LogP contribution in [-0.2, 0) is 4.74 Å². The Balaban J connectivity index is 1.42. The summed E-state index contributed by atoms with van der Waals surface area (Å²) in [5.74, 6) is 0.539. The average molecular weight is 348 g/mol. The molecule has 4 rings (SSSR count). The van der Waals surface area contributed by atoms with E-state index in [4.69, 9.17) is 9.47 Å². The minimum Gasteiger partial charge on any atom is -0.491 e. The second-order valence-electron chi connectivity index (χ2n) is 6.31. The molecule has 1 saturated heterocycles. The third-order valence-corrected chi connectivity index (χ3v) is 4.46. The van der Waals surface area contributed by atoms with Crippen LogP contribution in [0.25, 0.3) is 10.8 Å². The van der Waals surface area contributed by atoms with E-state index >= 15 is 0 Å². The number of rotatable bonds is 5. The number of nitrogens with zero attached hydrogens (tertiary/aromatic N) is 1. The number of carbonyl (C=O) groups is 1. The van der Waals surface area contributed by atoms with E-state index in [0.29, 0.717) is 18.0 Å². The van der Waals surface area contributed by atoms with Crippen LogP contribution in [0, 0.1) is 0 Å². The molecular formula is C21H20N2O3. The molecule has 1 aromatic heterocycles. The molecule has 1 atom stereocenters. The molecule has 0 saturated carbocycles. The summed E-state index contributed by atoms with van der Waals surface area (Å²) in [6.07, 6.45) is 3.99. The van der Waals surface area contributed by atoms with Gasteiger partial charge in [-0.2, -0.15) is 0 Å². The molecular weight excluding hydrogens is 328 g/mol. The summed E-state index contributed by atoms with van der Waals surface area (Å²) < 4.78 is 11.3. The summed E-state index contributed by atoms with van der Waals surface area (Å²) in [5.41, 5.74) is 1.12. The Hall–Kier alpha value is -2.92. The van der Waals surface area contributed by atoms with E-state index in [9.17, 15) is 4.79 Å². The van der Waals surface area contributed by atoms with Crippen molar-refractivity contribution in [3.8, 4) is 5.75 Å². The first-order valence-electron chi connectivity index (χ1n) is 8.79. The number of benzene rings is 2. The molecule has 5 heteroatoms. The van der Waals surface area contributed by atoms with Gasteiger partial charge in [0.25, 0.3) is 5.91 Å². The van der Waals surface area contributed by atoms with Crippen molar-refractivity contribution in [2.45, 2.75) is 18.9 Å². The van der Waals surface area contributed by atoms with Crippen LogP contribution in [-0.4, -0.2) is 30.2 Å². The summed E-state index contributed by atoms with van der Waals surface area (Å²) in [5, 5.41) is 4.72. The number of pyridine rings is 1. The van der Waals surface area contributed by atoms with Gasteiger partial charge in [0.1, 0.15) is 18.1 Å². The molecule has 3 aromatic rings. The zero-order valence-electron chi connectivity index (χ0n) is 14.4. The van der Waals surface area contributed by atoms with Crippen molar-refractivity contribution < 1.29 is 14.3 Å². The Morgan fingerprint density at radius 3 is 2.81 bits per heavy atom. The first-order chi connectivity index (χ1) is 12.8. The number of hydrogen-bond donors (Lipinski definition) is 1. The number of amides is 1. The lowest BCUT2D eigenvalue weighted by Gasteiger charge is -2.12. The summed E-state index contributed by atoms with van der Waals surface area (Å²) in [7, 11) is 0. The molecule has 2 heterocycles. The maximum absolute atomic E-state index is 12.6. The molecule has 0 unspecified atom stereocenters. The van der Waals surface area contributed by atoms with Crippen molar-refractivity contribution in [1.82, 2.24) is 4.98 Å². The Kier molecular flexibility index (Phi) is 4.80. The monoisotopic (exact) mass is 348 g/mol. The van der Waals surface area contributed by atoms with E-state index < -0.39 is 0 Å². The number of ether oxygens (including phenoxy) is 2. The molecule has 1 aliphatic rings. The van der Waals surface area contributed by atoms with E-state index in [-0.39, 0.29) is 12.0 Å². The highest BCUT2D eigenvalue weighted by Crippen LogP contribution is 2.20.